The van der Waals surface area contributed by atoms with Crippen LogP contribution in [0.25, 0.3) is 0 Å². The van der Waals surface area contributed by atoms with E-state index < -0.39 is 0 Å². The summed E-state index contributed by atoms with van der Waals surface area (Å²) in [4.78, 5) is 5.27. The summed E-state index contributed by atoms with van der Waals surface area (Å²) in [5.74, 6) is 2.87. The van der Waals surface area contributed by atoms with Gasteiger partial charge in [0, 0.05) is 18.8 Å². The molecule has 1 aromatic carbocycles. The minimum Gasteiger partial charge on any atom is -0.488 e. The highest BCUT2D eigenvalue weighted by Gasteiger charge is 2.24. The summed E-state index contributed by atoms with van der Waals surface area (Å²) in [5.41, 5.74) is 1.68. The highest BCUT2D eigenvalue weighted by atomic mass is 16.5. The van der Waals surface area contributed by atoms with Gasteiger partial charge in [-0.1, -0.05) is 33.6 Å². The van der Waals surface area contributed by atoms with Gasteiger partial charge >= 0.3 is 0 Å². The highest BCUT2D eigenvalue weighted by Crippen LogP contribution is 2.31. The van der Waals surface area contributed by atoms with Crippen molar-refractivity contribution in [2.75, 3.05) is 37.6 Å². The molecule has 3 rings (SSSR count). The van der Waals surface area contributed by atoms with Gasteiger partial charge in [-0.25, -0.2) is 0 Å². The zero-order chi connectivity index (χ0) is 22.5. The molecular weight excluding hydrogens is 380 g/mol. The minimum atomic E-state index is -0.136. The van der Waals surface area contributed by atoms with Gasteiger partial charge in [0.1, 0.15) is 11.4 Å². The van der Waals surface area contributed by atoms with Gasteiger partial charge in [0.2, 0.25) is 0 Å². The maximum Gasteiger partial charge on any atom is 0.120 e. The topological polar surface area (TPSA) is 15.7 Å². The molecule has 2 heterocycles. The van der Waals surface area contributed by atoms with Gasteiger partial charge in [0.05, 0.1) is 0 Å². The molecule has 2 fully saturated rings. The molecule has 0 aliphatic carbocycles. The Labute approximate surface area is 192 Å². The second-order valence-corrected chi connectivity index (χ2v) is 12.3. The largest absolute Gasteiger partial charge is 0.488 e. The first-order valence-corrected chi connectivity index (χ1v) is 12.8. The Kier molecular flexibility index (Phi) is 8.35. The van der Waals surface area contributed by atoms with Gasteiger partial charge in [-0.2, -0.15) is 0 Å². The van der Waals surface area contributed by atoms with Crippen molar-refractivity contribution < 1.29 is 4.74 Å². The third-order valence-corrected chi connectivity index (χ3v) is 7.11. The van der Waals surface area contributed by atoms with Gasteiger partial charge in [-0.05, 0) is 114 Å². The Morgan fingerprint density at radius 2 is 1.29 bits per heavy atom. The van der Waals surface area contributed by atoms with Crippen LogP contribution >= 0.6 is 0 Å². The molecule has 3 heteroatoms. The van der Waals surface area contributed by atoms with E-state index in [0.717, 1.165) is 17.6 Å². The van der Waals surface area contributed by atoms with E-state index in [-0.39, 0.29) is 5.60 Å². The summed E-state index contributed by atoms with van der Waals surface area (Å²) in [5, 5.41) is 0. The molecule has 3 nitrogen and oxygen atoms in total. The first-order chi connectivity index (χ1) is 14.6. The first-order valence-electron chi connectivity index (χ1n) is 12.8. The molecule has 0 radical (unpaired) electrons. The number of hydrogen-bond acceptors (Lipinski definition) is 3. The van der Waals surface area contributed by atoms with Crippen LogP contribution in [-0.4, -0.2) is 43.2 Å². The quantitative estimate of drug-likeness (QED) is 0.464. The molecule has 0 aromatic heterocycles. The predicted octanol–water partition coefficient (Wildman–Crippen LogP) is 7.01. The first kappa shape index (κ1) is 24.4. The van der Waals surface area contributed by atoms with E-state index in [9.17, 15) is 0 Å². The number of nitrogens with zero attached hydrogens (tertiary/aromatic N) is 2. The van der Waals surface area contributed by atoms with Crippen molar-refractivity contribution in [2.45, 2.75) is 92.1 Å². The van der Waals surface area contributed by atoms with Gasteiger partial charge in [0.25, 0.3) is 0 Å². The summed E-state index contributed by atoms with van der Waals surface area (Å²) >= 11 is 0. The van der Waals surface area contributed by atoms with Crippen molar-refractivity contribution in [2.24, 2.45) is 17.3 Å². The van der Waals surface area contributed by atoms with Crippen LogP contribution in [-0.2, 0) is 0 Å². The Morgan fingerprint density at radius 3 is 1.77 bits per heavy atom. The van der Waals surface area contributed by atoms with E-state index in [0.29, 0.717) is 5.41 Å². The smallest absolute Gasteiger partial charge is 0.120 e. The van der Waals surface area contributed by atoms with Crippen LogP contribution in [0.5, 0.6) is 5.75 Å². The summed E-state index contributed by atoms with van der Waals surface area (Å²) < 4.78 is 5.96. The lowest BCUT2D eigenvalue weighted by molar-refractivity contribution is 0.131. The number of rotatable bonds is 7. The number of ether oxygens (including phenoxy) is 1. The number of piperidine rings is 2. The van der Waals surface area contributed by atoms with Crippen LogP contribution in [0.4, 0.5) is 5.69 Å². The second kappa shape index (κ2) is 10.6. The number of hydrogen-bond donors (Lipinski definition) is 0. The van der Waals surface area contributed by atoms with Gasteiger partial charge in [-0.3, -0.25) is 0 Å². The summed E-state index contributed by atoms with van der Waals surface area (Å²) in [6.45, 7) is 19.7. The fraction of sp³-hybridized carbons (Fsp3) is 0.786. The molecule has 0 atom stereocenters. The monoisotopic (exact) mass is 428 g/mol. The van der Waals surface area contributed by atoms with Crippen molar-refractivity contribution in [1.82, 2.24) is 4.90 Å². The van der Waals surface area contributed by atoms with Crippen LogP contribution in [0.2, 0.25) is 0 Å². The fourth-order valence-corrected chi connectivity index (χ4v) is 5.02. The van der Waals surface area contributed by atoms with Gasteiger partial charge in [0.15, 0.2) is 0 Å². The molecule has 176 valence electrons. The molecule has 0 unspecified atom stereocenters. The molecule has 2 saturated heterocycles. The molecule has 2 aliphatic rings. The van der Waals surface area contributed by atoms with E-state index in [1.54, 1.807) is 0 Å². The summed E-state index contributed by atoms with van der Waals surface area (Å²) in [6, 6.07) is 8.71. The lowest BCUT2D eigenvalue weighted by Gasteiger charge is -2.36. The average Bonchev–Trinajstić information content (AvgIpc) is 2.71. The third kappa shape index (κ3) is 8.67. The van der Waals surface area contributed by atoms with Crippen molar-refractivity contribution in [1.29, 1.82) is 0 Å². The molecule has 0 spiro atoms. The van der Waals surface area contributed by atoms with Crippen molar-refractivity contribution in [3.63, 3.8) is 0 Å². The van der Waals surface area contributed by atoms with Gasteiger partial charge < -0.3 is 14.5 Å². The van der Waals surface area contributed by atoms with Crippen LogP contribution in [0.15, 0.2) is 24.3 Å². The molecule has 0 N–H and O–H groups in total. The fourth-order valence-electron chi connectivity index (χ4n) is 5.02. The van der Waals surface area contributed by atoms with Crippen LogP contribution in [0.1, 0.15) is 86.5 Å². The summed E-state index contributed by atoms with van der Waals surface area (Å²) in [7, 11) is 0. The van der Waals surface area contributed by atoms with Crippen molar-refractivity contribution in [3.8, 4) is 5.75 Å². The Hall–Kier alpha value is -1.22. The summed E-state index contributed by atoms with van der Waals surface area (Å²) in [6.07, 6.45) is 9.77. The Morgan fingerprint density at radius 1 is 0.774 bits per heavy atom. The Bertz CT molecular complexity index is 639. The number of anilines is 1. The maximum atomic E-state index is 5.96. The van der Waals surface area contributed by atoms with Gasteiger partial charge in [-0.15, -0.1) is 0 Å². The molecule has 0 amide bonds. The second-order valence-electron chi connectivity index (χ2n) is 12.3. The van der Waals surface area contributed by atoms with E-state index in [1.807, 2.05) is 0 Å². The van der Waals surface area contributed by atoms with Crippen LogP contribution in [0, 0.1) is 17.3 Å². The van der Waals surface area contributed by atoms with Crippen LogP contribution in [0.3, 0.4) is 0 Å². The third-order valence-electron chi connectivity index (χ3n) is 7.11. The molecule has 1 aromatic rings. The molecule has 2 aliphatic heterocycles. The molecule has 31 heavy (non-hydrogen) atoms. The maximum absolute atomic E-state index is 5.96. The zero-order valence-electron chi connectivity index (χ0n) is 21.3. The standard InChI is InChI=1S/C28H48N2O/c1-27(2,3)17-22-29-18-13-23(14-19-29)7-8-24-15-20-30(21-16-24)25-9-11-26(12-10-25)31-28(4,5)6/h9-12,23-24H,7-8,13-22H2,1-6H3. The normalized spacial score (nSPS) is 20.3. The van der Waals surface area contributed by atoms with Crippen molar-refractivity contribution >= 4 is 5.69 Å². The predicted molar refractivity (Wildman–Crippen MR) is 134 cm³/mol. The average molecular weight is 429 g/mol. The van der Waals surface area contributed by atoms with E-state index in [2.05, 4.69) is 75.6 Å². The SMILES string of the molecule is CC(C)(C)CCN1CCC(CCC2CCN(c3ccc(OC(C)(C)C)cc3)CC2)CC1. The van der Waals surface area contributed by atoms with E-state index in [1.165, 1.54) is 83.4 Å². The molecule has 0 saturated carbocycles. The lowest BCUT2D eigenvalue weighted by atomic mass is 9.85. The number of benzene rings is 1. The van der Waals surface area contributed by atoms with Crippen molar-refractivity contribution in [3.05, 3.63) is 24.3 Å². The zero-order valence-corrected chi connectivity index (χ0v) is 21.3. The molecule has 0 bridgehead atoms. The highest BCUT2D eigenvalue weighted by molar-refractivity contribution is 5.49. The van der Waals surface area contributed by atoms with E-state index >= 15 is 0 Å². The minimum absolute atomic E-state index is 0.136. The molecular formula is C28H48N2O. The van der Waals surface area contributed by atoms with Crippen LogP contribution < -0.4 is 9.64 Å². The number of likely N-dealkylation sites (tertiary alicyclic amines) is 1. The lowest BCUT2D eigenvalue weighted by Crippen LogP contribution is -2.36. The van der Waals surface area contributed by atoms with E-state index in [4.69, 9.17) is 4.74 Å². The Balaban J connectivity index is 1.33.